The molecule has 4 heterocycles. The van der Waals surface area contributed by atoms with Crippen LogP contribution in [0.5, 0.6) is 0 Å². The lowest BCUT2D eigenvalue weighted by Gasteiger charge is -2.19. The van der Waals surface area contributed by atoms with Gasteiger partial charge in [0.2, 0.25) is 5.82 Å². The Balaban J connectivity index is 1.44. The summed E-state index contributed by atoms with van der Waals surface area (Å²) in [5, 5.41) is 11.8. The van der Waals surface area contributed by atoms with Crippen molar-refractivity contribution in [2.24, 2.45) is 0 Å². The molecule has 0 aliphatic carbocycles. The number of hydrogen-bond donors (Lipinski definition) is 1. The van der Waals surface area contributed by atoms with Gasteiger partial charge < -0.3 is 5.32 Å². The summed E-state index contributed by atoms with van der Waals surface area (Å²) in [5.41, 5.74) is 1.46. The molecule has 10 nitrogen and oxygen atoms in total. The fraction of sp³-hybridized carbons (Fsp3) is 0.333. The first-order chi connectivity index (χ1) is 13.9. The number of carbonyl (C=O) groups excluding carboxylic acids is 2. The van der Waals surface area contributed by atoms with Crippen LogP contribution >= 0.6 is 11.6 Å². The van der Waals surface area contributed by atoms with E-state index in [1.807, 2.05) is 13.0 Å². The topological polar surface area (TPSA) is 111 Å². The quantitative estimate of drug-likeness (QED) is 0.683. The number of carbonyl (C=O) groups is 2. The summed E-state index contributed by atoms with van der Waals surface area (Å²) in [7, 11) is 1.67. The molecule has 0 saturated carbocycles. The van der Waals surface area contributed by atoms with Gasteiger partial charge in [-0.05, 0) is 25.5 Å². The van der Waals surface area contributed by atoms with E-state index in [2.05, 4.69) is 25.5 Å². The minimum atomic E-state index is -0.688. The van der Waals surface area contributed by atoms with Gasteiger partial charge in [0, 0.05) is 25.9 Å². The van der Waals surface area contributed by atoms with Crippen LogP contribution in [0.4, 0.5) is 5.82 Å². The second-order valence-corrected chi connectivity index (χ2v) is 7.18. The molecule has 0 unspecified atom stereocenters. The number of fused-ring (bicyclic) bond motifs is 1. The molecule has 1 aliphatic rings. The summed E-state index contributed by atoms with van der Waals surface area (Å²) < 4.78 is 3.24. The third-order valence-corrected chi connectivity index (χ3v) is 5.02. The summed E-state index contributed by atoms with van der Waals surface area (Å²) in [6.45, 7) is 2.68. The maximum absolute atomic E-state index is 12.8. The fourth-order valence-corrected chi connectivity index (χ4v) is 3.39. The minimum absolute atomic E-state index is 0.0228. The van der Waals surface area contributed by atoms with Gasteiger partial charge in [-0.3, -0.25) is 19.5 Å². The van der Waals surface area contributed by atoms with Gasteiger partial charge in [-0.25, -0.2) is 14.3 Å². The van der Waals surface area contributed by atoms with E-state index in [0.717, 1.165) is 5.69 Å². The molecule has 0 radical (unpaired) electrons. The van der Waals surface area contributed by atoms with Crippen LogP contribution in [0.1, 0.15) is 28.4 Å². The van der Waals surface area contributed by atoms with E-state index in [0.29, 0.717) is 29.5 Å². The average Bonchev–Trinajstić information content (AvgIpc) is 3.30. The van der Waals surface area contributed by atoms with E-state index in [-0.39, 0.29) is 18.3 Å². The highest BCUT2D eigenvalue weighted by atomic mass is 35.5. The number of nitrogens with one attached hydrogen (secondary N) is 1. The zero-order chi connectivity index (χ0) is 20.5. The van der Waals surface area contributed by atoms with E-state index in [1.54, 1.807) is 30.1 Å². The SMILES string of the molecule is Cc1cc2n(n1)CC[C@H](NC(=O)c1ncn(Cc3ncccc3Cl)n1)C(=O)N2C. The zero-order valence-corrected chi connectivity index (χ0v) is 16.7. The van der Waals surface area contributed by atoms with E-state index in [1.165, 1.54) is 15.9 Å². The molecule has 3 aromatic heterocycles. The van der Waals surface area contributed by atoms with Crippen LogP contribution in [0.15, 0.2) is 30.7 Å². The standard InChI is InChI=1S/C18H19ClN8O2/c1-11-8-15-25(2)18(29)13(5-7-27(15)23-11)22-17(28)16-21-10-26(24-16)9-14-12(19)4-3-6-20-14/h3-4,6,8,10,13H,5,7,9H2,1-2H3,(H,22,28)/t13-/m0/s1. The number of pyridine rings is 1. The number of amides is 2. The molecule has 2 amide bonds. The Morgan fingerprint density at radius 1 is 1.34 bits per heavy atom. The molecule has 0 saturated heterocycles. The second-order valence-electron chi connectivity index (χ2n) is 6.78. The molecule has 150 valence electrons. The molecule has 1 N–H and O–H groups in total. The van der Waals surface area contributed by atoms with Gasteiger partial charge in [0.1, 0.15) is 18.2 Å². The van der Waals surface area contributed by atoms with Crippen molar-refractivity contribution in [2.45, 2.75) is 32.5 Å². The largest absolute Gasteiger partial charge is 0.337 e. The molecule has 29 heavy (non-hydrogen) atoms. The number of aryl methyl sites for hydroxylation is 2. The predicted molar refractivity (Wildman–Crippen MR) is 105 cm³/mol. The van der Waals surface area contributed by atoms with Crippen molar-refractivity contribution in [2.75, 3.05) is 11.9 Å². The van der Waals surface area contributed by atoms with Crippen molar-refractivity contribution in [3.63, 3.8) is 0 Å². The Morgan fingerprint density at radius 2 is 2.17 bits per heavy atom. The van der Waals surface area contributed by atoms with Crippen LogP contribution in [0.3, 0.4) is 0 Å². The maximum atomic E-state index is 12.8. The summed E-state index contributed by atoms with van der Waals surface area (Å²) in [4.78, 5) is 35.1. The molecule has 3 aromatic rings. The lowest BCUT2D eigenvalue weighted by molar-refractivity contribution is -0.120. The lowest BCUT2D eigenvalue weighted by atomic mass is 10.2. The Kier molecular flexibility index (Phi) is 5.01. The van der Waals surface area contributed by atoms with Gasteiger partial charge in [-0.15, -0.1) is 5.10 Å². The first-order valence-corrected chi connectivity index (χ1v) is 9.42. The van der Waals surface area contributed by atoms with Crippen LogP contribution in [0.25, 0.3) is 0 Å². The molecule has 1 aliphatic heterocycles. The smallest absolute Gasteiger partial charge is 0.291 e. The molecule has 0 fully saturated rings. The van der Waals surface area contributed by atoms with Gasteiger partial charge in [-0.2, -0.15) is 5.10 Å². The number of rotatable bonds is 4. The first-order valence-electron chi connectivity index (χ1n) is 9.04. The molecular formula is C18H19ClN8O2. The Hall–Kier alpha value is -3.27. The van der Waals surface area contributed by atoms with Gasteiger partial charge in [-0.1, -0.05) is 11.6 Å². The molecule has 0 aromatic carbocycles. The van der Waals surface area contributed by atoms with E-state index >= 15 is 0 Å². The van der Waals surface area contributed by atoms with Crippen molar-refractivity contribution in [1.29, 1.82) is 0 Å². The molecule has 1 atom stereocenters. The summed E-state index contributed by atoms with van der Waals surface area (Å²) in [6.07, 6.45) is 3.49. The molecule has 11 heteroatoms. The maximum Gasteiger partial charge on any atom is 0.291 e. The highest BCUT2D eigenvalue weighted by molar-refractivity contribution is 6.31. The lowest BCUT2D eigenvalue weighted by Crippen LogP contribution is -2.47. The fourth-order valence-electron chi connectivity index (χ4n) is 3.21. The van der Waals surface area contributed by atoms with Crippen LogP contribution in [0.2, 0.25) is 5.02 Å². The van der Waals surface area contributed by atoms with Crippen molar-refractivity contribution < 1.29 is 9.59 Å². The third kappa shape index (κ3) is 3.83. The van der Waals surface area contributed by atoms with Crippen LogP contribution in [-0.4, -0.2) is 54.4 Å². The number of hydrogen-bond acceptors (Lipinski definition) is 6. The summed E-state index contributed by atoms with van der Waals surface area (Å²) in [6, 6.07) is 4.62. The summed E-state index contributed by atoms with van der Waals surface area (Å²) >= 11 is 6.10. The number of aromatic nitrogens is 6. The Morgan fingerprint density at radius 3 is 2.97 bits per heavy atom. The van der Waals surface area contributed by atoms with Crippen LogP contribution < -0.4 is 10.2 Å². The van der Waals surface area contributed by atoms with E-state index in [9.17, 15) is 9.59 Å². The summed E-state index contributed by atoms with van der Waals surface area (Å²) in [5.74, 6) is -0.0423. The molecular weight excluding hydrogens is 396 g/mol. The number of likely N-dealkylation sites (N-methyl/N-ethyl adjacent to an activating group) is 1. The van der Waals surface area contributed by atoms with Gasteiger partial charge in [0.25, 0.3) is 11.8 Å². The monoisotopic (exact) mass is 414 g/mol. The zero-order valence-electron chi connectivity index (χ0n) is 15.9. The van der Waals surface area contributed by atoms with Gasteiger partial charge >= 0.3 is 0 Å². The van der Waals surface area contributed by atoms with Crippen molar-refractivity contribution >= 4 is 29.2 Å². The second kappa shape index (κ2) is 7.63. The van der Waals surface area contributed by atoms with Crippen molar-refractivity contribution in [3.8, 4) is 0 Å². The Labute approximate surface area is 171 Å². The van der Waals surface area contributed by atoms with E-state index in [4.69, 9.17) is 11.6 Å². The van der Waals surface area contributed by atoms with Crippen LogP contribution in [0, 0.1) is 6.92 Å². The Bertz CT molecular complexity index is 1080. The highest BCUT2D eigenvalue weighted by Gasteiger charge is 2.31. The van der Waals surface area contributed by atoms with E-state index < -0.39 is 11.9 Å². The normalized spacial score (nSPS) is 16.4. The van der Waals surface area contributed by atoms with Gasteiger partial charge in [0.05, 0.1) is 23.0 Å². The average molecular weight is 415 g/mol. The molecule has 0 spiro atoms. The molecule has 4 rings (SSSR count). The third-order valence-electron chi connectivity index (χ3n) is 4.67. The highest BCUT2D eigenvalue weighted by Crippen LogP contribution is 2.21. The minimum Gasteiger partial charge on any atom is -0.337 e. The number of nitrogens with zero attached hydrogens (tertiary/aromatic N) is 7. The predicted octanol–water partition coefficient (Wildman–Crippen LogP) is 1.04. The number of halogens is 1. The first kappa shape index (κ1) is 19.1. The van der Waals surface area contributed by atoms with Crippen LogP contribution in [-0.2, 0) is 17.9 Å². The van der Waals surface area contributed by atoms with Crippen molar-refractivity contribution in [1.82, 2.24) is 34.8 Å². The van der Waals surface area contributed by atoms with Gasteiger partial charge in [0.15, 0.2) is 0 Å². The molecule has 0 bridgehead atoms. The van der Waals surface area contributed by atoms with Crippen molar-refractivity contribution in [3.05, 3.63) is 53.0 Å². The number of anilines is 1.